The molecule has 12 atom stereocenters. The van der Waals surface area contributed by atoms with Gasteiger partial charge in [-0.3, -0.25) is 76.8 Å². The Hall–Kier alpha value is -12.1. The van der Waals surface area contributed by atoms with Gasteiger partial charge in [-0.15, -0.1) is 0 Å². The highest BCUT2D eigenvalue weighted by Gasteiger charge is 2.58. The number of nitrogens with one attached hydrogen (secondary N) is 4. The molecule has 8 unspecified atom stereocenters. The topological polar surface area (TPSA) is 350 Å². The molecule has 8 aromatic heterocycles. The van der Waals surface area contributed by atoms with Crippen molar-refractivity contribution in [2.75, 3.05) is 79.5 Å². The van der Waals surface area contributed by atoms with E-state index in [0.717, 1.165) is 12.8 Å². The molecule has 8 saturated heterocycles. The average molecular weight is 1780 g/mol. The highest BCUT2D eigenvalue weighted by Crippen LogP contribution is 2.50. The average Bonchev–Trinajstić information content (AvgIpc) is 1.60. The van der Waals surface area contributed by atoms with Crippen LogP contribution in [0.25, 0.3) is 33.4 Å². The van der Waals surface area contributed by atoms with E-state index in [9.17, 15) is 38.4 Å². The van der Waals surface area contributed by atoms with Crippen LogP contribution >= 0.6 is 0 Å². The third-order valence-electron chi connectivity index (χ3n) is 28.7. The summed E-state index contributed by atoms with van der Waals surface area (Å²) in [6.45, 7) is 2.44. The van der Waals surface area contributed by atoms with Gasteiger partial charge >= 0.3 is 11.4 Å². The van der Waals surface area contributed by atoms with Crippen molar-refractivity contribution < 1.29 is 74.1 Å². The highest BCUT2D eigenvalue weighted by atomic mass is 19.3. The molecule has 4 N–H and O–H groups in total. The fourth-order valence-corrected chi connectivity index (χ4v) is 22.6. The highest BCUT2D eigenvalue weighted by molar-refractivity contribution is 6.09. The van der Waals surface area contributed by atoms with Crippen LogP contribution in [-0.4, -0.2) is 232 Å². The predicted octanol–water partition coefficient (Wildman–Crippen LogP) is 7.97. The smallest absolute Gasteiger partial charge is 0.329 e. The maximum atomic E-state index is 15.9. The van der Waals surface area contributed by atoms with Gasteiger partial charge in [0.05, 0.1) is 119 Å². The number of carbonyl (C=O) groups excluding carboxylic acids is 6. The Morgan fingerprint density at radius 1 is 0.612 bits per heavy atom. The van der Waals surface area contributed by atoms with Crippen molar-refractivity contribution in [3.63, 3.8) is 0 Å². The van der Waals surface area contributed by atoms with Crippen molar-refractivity contribution in [1.29, 1.82) is 0 Å². The number of likely N-dealkylation sites (tertiary alicyclic amines) is 2. The summed E-state index contributed by atoms with van der Waals surface area (Å²) in [5.41, 5.74) is 1.28. The van der Waals surface area contributed by atoms with Crippen LogP contribution in [0.2, 0.25) is 0 Å². The molecule has 2 aromatic carbocycles. The van der Waals surface area contributed by atoms with Gasteiger partial charge in [-0.1, -0.05) is 35.8 Å². The molecule has 0 radical (unpaired) electrons. The maximum Gasteiger partial charge on any atom is 0.329 e. The lowest BCUT2D eigenvalue weighted by Gasteiger charge is -2.49. The van der Waals surface area contributed by atoms with E-state index in [1.165, 1.54) is 56.8 Å². The molecule has 674 valence electrons. The standard InChI is InChI=1S/C89H94F6N22O12/c1-106-75-48(7-3-11-62(75)116(87(106)124)64-21-23-71(118)102-85(64)122)9-5-31-126-67-35-54-33-51(67)40-110(54)77(50-15-19-53(20-16-50)115-44-61(74(105-115)80(92)93)99-83(120)58-37-96-112-29-26-69(100-81(58)112)109-41-56-34-55(109)45-128-56)78-66-36-57(129-78)42-111(66)70-27-30-113-82(101-70)59(38-97-113)84(121)98-60-43-114(104-73(60)79(90)91)52-17-13-47(14-18-52)39-108-28-25-68(89(94,95)46-108)127-32-6-10-49-8-4-12-63-76(49)107(2)88(125)117(63)65-22-24-72(119)103-86(65)123/h3-4,7-8,11-12,26-27,29-30,37-38,43-44,47,50-57,64-68,77-80H,13-25,28,31-36,39-42,45-46H2,1-2H3,(H,98,121)(H,99,120)(H,102,118,122)(H,103,119,123)/t47-,50-,51?,52-,53-,54?,55-,56-,57-,64?,65?,66-,67?,68?,77?,78?/m1/s1. The lowest BCUT2D eigenvalue weighted by Crippen LogP contribution is -2.60. The molecule has 40 heteroatoms. The Balaban J connectivity index is 0.476. The number of para-hydroxylation sites is 2. The number of piperidine rings is 4. The summed E-state index contributed by atoms with van der Waals surface area (Å²) >= 11 is 0. The number of ether oxygens (including phenoxy) is 4. The Labute approximate surface area is 732 Å². The molecular weight excluding hydrogens is 1680 g/mol. The second kappa shape index (κ2) is 33.5. The van der Waals surface area contributed by atoms with Gasteiger partial charge in [0.25, 0.3) is 30.6 Å². The fraction of sp³-hybridized carbons (Fsp3) is 0.528. The number of benzene rings is 2. The molecule has 6 amide bonds. The van der Waals surface area contributed by atoms with E-state index in [1.54, 1.807) is 66.4 Å². The summed E-state index contributed by atoms with van der Waals surface area (Å²) in [4.78, 5) is 124. The van der Waals surface area contributed by atoms with E-state index in [-0.39, 0.29) is 163 Å². The number of fused-ring (bicyclic) bond motifs is 10. The molecule has 0 spiro atoms. The fourth-order valence-electron chi connectivity index (χ4n) is 22.6. The number of hydrogen-bond acceptors (Lipinski definition) is 22. The third kappa shape index (κ3) is 15.4. The first-order valence-corrected chi connectivity index (χ1v) is 44.4. The summed E-state index contributed by atoms with van der Waals surface area (Å²) in [6.07, 6.45) is 9.50. The summed E-state index contributed by atoms with van der Waals surface area (Å²) in [7, 11) is 3.18. The number of amides is 6. The second-order valence-corrected chi connectivity index (χ2v) is 36.3. The molecule has 6 bridgehead atoms. The quantitative estimate of drug-likeness (QED) is 0.0301. The summed E-state index contributed by atoms with van der Waals surface area (Å²) in [5.74, 6) is 7.18. The van der Waals surface area contributed by atoms with Crippen LogP contribution in [0.1, 0.15) is 189 Å². The van der Waals surface area contributed by atoms with Crippen LogP contribution in [-0.2, 0) is 52.2 Å². The monoisotopic (exact) mass is 1780 g/mol. The number of aryl methyl sites for hydroxylation is 2. The van der Waals surface area contributed by atoms with Gasteiger partial charge in [0.2, 0.25) is 23.6 Å². The summed E-state index contributed by atoms with van der Waals surface area (Å²) in [6, 6.07) is 11.6. The van der Waals surface area contributed by atoms with Crippen molar-refractivity contribution >= 4 is 91.8 Å². The molecule has 10 aromatic rings. The molecule has 3 saturated carbocycles. The first kappa shape index (κ1) is 83.8. The van der Waals surface area contributed by atoms with E-state index in [4.69, 9.17) is 28.9 Å². The van der Waals surface area contributed by atoms with E-state index >= 15 is 26.3 Å². The number of morpholine rings is 2. The molecule has 16 heterocycles. The molecule has 129 heavy (non-hydrogen) atoms. The maximum absolute atomic E-state index is 15.9. The van der Waals surface area contributed by atoms with Gasteiger partial charge in [0.1, 0.15) is 54.2 Å². The minimum absolute atomic E-state index is 0.0289. The Kier molecular flexibility index (Phi) is 21.7. The lowest BCUT2D eigenvalue weighted by molar-refractivity contribution is -0.169. The van der Waals surface area contributed by atoms with E-state index in [0.29, 0.717) is 148 Å². The van der Waals surface area contributed by atoms with Gasteiger partial charge in [-0.2, -0.15) is 20.4 Å². The molecule has 11 aliphatic rings. The zero-order valence-corrected chi connectivity index (χ0v) is 70.6. The number of imide groups is 2. The third-order valence-corrected chi connectivity index (χ3v) is 28.7. The largest absolute Gasteiger partial charge is 0.374 e. The van der Waals surface area contributed by atoms with Crippen molar-refractivity contribution in [2.24, 2.45) is 31.8 Å². The summed E-state index contributed by atoms with van der Waals surface area (Å²) in [5, 5.41) is 27.7. The number of rotatable bonds is 21. The molecule has 21 rings (SSSR count). The number of imidazole rings is 2. The molecular formula is C89H94F6N22O12. The zero-order chi connectivity index (χ0) is 88.7. The van der Waals surface area contributed by atoms with Crippen LogP contribution in [0, 0.1) is 41.4 Å². The normalized spacial score (nSPS) is 27.7. The van der Waals surface area contributed by atoms with Gasteiger partial charge in [0, 0.05) is 96.5 Å². The van der Waals surface area contributed by atoms with Gasteiger partial charge < -0.3 is 39.4 Å². The van der Waals surface area contributed by atoms with Crippen LogP contribution in [0.15, 0.2) is 95.3 Å². The minimum Gasteiger partial charge on any atom is -0.374 e. The number of alkyl halides is 6. The zero-order valence-electron chi connectivity index (χ0n) is 70.6. The first-order chi connectivity index (χ1) is 62.4. The molecule has 8 aliphatic heterocycles. The number of nitrogens with zero attached hydrogens (tertiary/aromatic N) is 18. The molecule has 11 fully saturated rings. The number of hydrogen-bond donors (Lipinski definition) is 4. The number of aromatic nitrogens is 14. The Morgan fingerprint density at radius 3 is 1.67 bits per heavy atom. The SMILES string of the molecule is Cn1c(=O)n(C2CCC(=O)NC2=O)c2cccc(C#CCOC3CC4CC3CN4C(C3O[C@@H]4C[C@H]3N(c3ccn5ncc(C(=O)Nc6cn([C@H]7CC[C@H](CN8CCC(OCC#Cc9cccc%10c9n(C)c(=O)n%10C9CCC(=O)NC9=O)C(F)(F)C8)CC7)nc6C(F)F)c5n3)C4)[C@H]3CC[C@H](n4cc(NC(=O)c5cnn6ccc(N7C[C@H]8C[C@@H]7CO8)nc56)c(C(F)F)n4)CC3)c21. The van der Waals surface area contributed by atoms with E-state index < -0.39 is 95.8 Å². The Morgan fingerprint density at radius 2 is 1.16 bits per heavy atom. The van der Waals surface area contributed by atoms with Crippen molar-refractivity contribution in [3.05, 3.63) is 140 Å². The van der Waals surface area contributed by atoms with Gasteiger partial charge in [-0.25, -0.2) is 54.9 Å². The second-order valence-electron chi connectivity index (χ2n) is 36.3. The minimum atomic E-state index is -3.20. The lowest BCUT2D eigenvalue weighted by atomic mass is 9.77. The van der Waals surface area contributed by atoms with Gasteiger partial charge in [-0.05, 0) is 150 Å². The van der Waals surface area contributed by atoms with Gasteiger partial charge in [0.15, 0.2) is 22.7 Å². The Bertz CT molecular complexity index is 6430. The number of anilines is 4. The van der Waals surface area contributed by atoms with Crippen molar-refractivity contribution in [3.8, 4) is 23.7 Å². The van der Waals surface area contributed by atoms with E-state index in [1.807, 2.05) is 18.2 Å². The summed E-state index contributed by atoms with van der Waals surface area (Å²) < 4.78 is 129. The van der Waals surface area contributed by atoms with Crippen LogP contribution in [0.4, 0.5) is 49.4 Å². The van der Waals surface area contributed by atoms with Crippen LogP contribution in [0.5, 0.6) is 0 Å². The van der Waals surface area contributed by atoms with Crippen LogP contribution < -0.4 is 42.4 Å². The van der Waals surface area contributed by atoms with E-state index in [2.05, 4.69) is 80.0 Å². The van der Waals surface area contributed by atoms with Crippen molar-refractivity contribution in [1.82, 2.24) is 87.5 Å². The predicted molar refractivity (Wildman–Crippen MR) is 452 cm³/mol. The molecule has 3 aliphatic carbocycles. The van der Waals surface area contributed by atoms with Crippen molar-refractivity contribution in [2.45, 2.75) is 207 Å². The van der Waals surface area contributed by atoms with Crippen LogP contribution in [0.3, 0.4) is 0 Å². The first-order valence-electron chi connectivity index (χ1n) is 44.4. The number of halogens is 6. The number of carbonyl (C=O) groups is 6. The molecule has 34 nitrogen and oxygen atoms in total.